The number of halogens is 6. The van der Waals surface area contributed by atoms with E-state index < -0.39 is 64.3 Å². The SMILES string of the molecule is O=C1CCC(NS(=O)(=O)N2CCC(Nc3ncc(C(F)(F)F)c(-c4cnn(CC(F)(F)F)c4)n3)CC2)C(=O)N1. The summed E-state index contributed by atoms with van der Waals surface area (Å²) < 4.78 is 108. The maximum atomic E-state index is 13.6. The van der Waals surface area contributed by atoms with Gasteiger partial charge in [-0.2, -0.15) is 48.9 Å². The number of rotatable bonds is 7. The number of carbonyl (C=O) groups is 2. The molecule has 0 saturated carbocycles. The van der Waals surface area contributed by atoms with E-state index in [1.54, 1.807) is 0 Å². The summed E-state index contributed by atoms with van der Waals surface area (Å²) >= 11 is 0. The third-order valence-electron chi connectivity index (χ3n) is 6.00. The second kappa shape index (κ2) is 10.7. The third kappa shape index (κ3) is 7.21. The van der Waals surface area contributed by atoms with Gasteiger partial charge >= 0.3 is 12.4 Å². The number of anilines is 1. The second-order valence-electron chi connectivity index (χ2n) is 8.94. The van der Waals surface area contributed by atoms with Gasteiger partial charge in [-0.25, -0.2) is 9.97 Å². The highest BCUT2D eigenvalue weighted by Crippen LogP contribution is 2.36. The minimum atomic E-state index is -4.89. The Kier molecular flexibility index (Phi) is 7.86. The van der Waals surface area contributed by atoms with Gasteiger partial charge in [-0.1, -0.05) is 0 Å². The summed E-state index contributed by atoms with van der Waals surface area (Å²) in [5.74, 6) is -1.47. The molecule has 2 aliphatic heterocycles. The Hall–Kier alpha value is -3.32. The summed E-state index contributed by atoms with van der Waals surface area (Å²) in [5, 5.41) is 8.36. The van der Waals surface area contributed by atoms with Gasteiger partial charge in [-0.05, 0) is 19.3 Å². The average Bonchev–Trinajstić information content (AvgIpc) is 3.27. The zero-order chi connectivity index (χ0) is 28.6. The van der Waals surface area contributed by atoms with E-state index in [1.165, 1.54) is 0 Å². The Bertz CT molecular complexity index is 1340. The highest BCUT2D eigenvalue weighted by atomic mass is 32.2. The average molecular weight is 585 g/mol. The Balaban J connectivity index is 1.43. The first-order chi connectivity index (χ1) is 18.1. The molecule has 39 heavy (non-hydrogen) atoms. The van der Waals surface area contributed by atoms with E-state index in [9.17, 15) is 44.3 Å². The molecule has 0 bridgehead atoms. The van der Waals surface area contributed by atoms with Gasteiger partial charge in [0.15, 0.2) is 0 Å². The monoisotopic (exact) mass is 584 g/mol. The molecule has 1 atom stereocenters. The van der Waals surface area contributed by atoms with Crippen LogP contribution in [0.4, 0.5) is 32.3 Å². The van der Waals surface area contributed by atoms with Crippen LogP contribution in [0.1, 0.15) is 31.2 Å². The summed E-state index contributed by atoms with van der Waals surface area (Å²) in [6, 6.07) is -1.53. The number of nitrogens with zero attached hydrogens (tertiary/aromatic N) is 5. The Morgan fingerprint density at radius 3 is 2.36 bits per heavy atom. The van der Waals surface area contributed by atoms with E-state index in [-0.39, 0.29) is 50.3 Å². The van der Waals surface area contributed by atoms with Crippen LogP contribution in [0.2, 0.25) is 0 Å². The zero-order valence-corrected chi connectivity index (χ0v) is 20.7. The maximum Gasteiger partial charge on any atom is 0.419 e. The molecular weight excluding hydrogens is 562 g/mol. The van der Waals surface area contributed by atoms with Crippen molar-refractivity contribution in [3.63, 3.8) is 0 Å². The normalized spacial score (nSPS) is 20.2. The van der Waals surface area contributed by atoms with E-state index in [4.69, 9.17) is 0 Å². The van der Waals surface area contributed by atoms with Crippen molar-refractivity contribution in [2.45, 2.75) is 56.7 Å². The van der Waals surface area contributed by atoms with Crippen LogP contribution in [0.15, 0.2) is 18.6 Å². The fourth-order valence-corrected chi connectivity index (χ4v) is 5.54. The number of hydrogen-bond donors (Lipinski definition) is 3. The van der Waals surface area contributed by atoms with E-state index in [0.29, 0.717) is 10.9 Å². The molecule has 3 N–H and O–H groups in total. The molecule has 0 aromatic carbocycles. The molecule has 0 aliphatic carbocycles. The summed E-state index contributed by atoms with van der Waals surface area (Å²) in [5.41, 5.74) is -2.22. The summed E-state index contributed by atoms with van der Waals surface area (Å²) in [6.07, 6.45) is -6.95. The molecule has 0 spiro atoms. The van der Waals surface area contributed by atoms with Crippen LogP contribution in [0, 0.1) is 0 Å². The molecule has 4 rings (SSSR count). The number of carbonyl (C=O) groups excluding carboxylic acids is 2. The summed E-state index contributed by atoms with van der Waals surface area (Å²) in [6.45, 7) is -1.50. The summed E-state index contributed by atoms with van der Waals surface area (Å²) in [7, 11) is -4.07. The van der Waals surface area contributed by atoms with Crippen molar-refractivity contribution in [3.05, 3.63) is 24.2 Å². The van der Waals surface area contributed by atoms with E-state index in [0.717, 1.165) is 16.7 Å². The van der Waals surface area contributed by atoms with Crippen LogP contribution in [0.25, 0.3) is 11.3 Å². The van der Waals surface area contributed by atoms with Gasteiger partial charge in [-0.15, -0.1) is 0 Å². The lowest BCUT2D eigenvalue weighted by Crippen LogP contribution is -2.56. The van der Waals surface area contributed by atoms with E-state index >= 15 is 0 Å². The molecule has 2 fully saturated rings. The van der Waals surface area contributed by atoms with Crippen LogP contribution in [-0.4, -0.2) is 75.6 Å². The molecule has 4 heterocycles. The topological polar surface area (TPSA) is 151 Å². The Morgan fingerprint density at radius 1 is 1.05 bits per heavy atom. The molecule has 0 radical (unpaired) electrons. The molecule has 2 aromatic heterocycles. The quantitative estimate of drug-likeness (QED) is 0.327. The number of piperidine rings is 2. The van der Waals surface area contributed by atoms with Gasteiger partial charge in [0.2, 0.25) is 17.8 Å². The van der Waals surface area contributed by atoms with E-state index in [1.807, 2.05) is 0 Å². The van der Waals surface area contributed by atoms with E-state index in [2.05, 4.69) is 30.4 Å². The maximum absolute atomic E-state index is 13.6. The molecule has 1 unspecified atom stereocenters. The molecule has 2 aliphatic rings. The van der Waals surface area contributed by atoms with Gasteiger partial charge in [0.25, 0.3) is 10.2 Å². The number of alkyl halides is 6. The number of nitrogens with one attached hydrogen (secondary N) is 3. The lowest BCUT2D eigenvalue weighted by atomic mass is 10.1. The lowest BCUT2D eigenvalue weighted by molar-refractivity contribution is -0.142. The molecule has 19 heteroatoms. The van der Waals surface area contributed by atoms with Gasteiger partial charge in [0.1, 0.15) is 18.2 Å². The highest BCUT2D eigenvalue weighted by molar-refractivity contribution is 7.87. The Labute approximate surface area is 217 Å². The van der Waals surface area contributed by atoms with Gasteiger partial charge < -0.3 is 5.32 Å². The van der Waals surface area contributed by atoms with Crippen molar-refractivity contribution in [2.75, 3.05) is 18.4 Å². The van der Waals surface area contributed by atoms with Gasteiger partial charge in [-0.3, -0.25) is 19.6 Å². The van der Waals surface area contributed by atoms with Crippen molar-refractivity contribution in [1.29, 1.82) is 0 Å². The standard InChI is InChI=1S/C20H22F6N8O4S/c21-19(22,23)10-33-9-11(7-28-33)16-13(20(24,25)26)8-27-18(31-16)29-12-3-5-34(6-4-12)39(37,38)32-14-1-2-15(35)30-17(14)36/h7-9,12,14,32H,1-6,10H2,(H,27,29,31)(H,30,35,36). The van der Waals surface area contributed by atoms with Crippen molar-refractivity contribution < 1.29 is 44.3 Å². The fourth-order valence-electron chi connectivity index (χ4n) is 4.12. The molecule has 2 amide bonds. The number of imide groups is 1. The minimum Gasteiger partial charge on any atom is -0.351 e. The van der Waals surface area contributed by atoms with Crippen LogP contribution in [0.3, 0.4) is 0 Å². The predicted molar refractivity (Wildman–Crippen MR) is 121 cm³/mol. The predicted octanol–water partition coefficient (Wildman–Crippen LogP) is 1.44. The third-order valence-corrected chi connectivity index (χ3v) is 7.63. The number of hydrogen-bond acceptors (Lipinski definition) is 8. The first kappa shape index (κ1) is 28.7. The van der Waals surface area contributed by atoms with Crippen LogP contribution >= 0.6 is 0 Å². The lowest BCUT2D eigenvalue weighted by Gasteiger charge is -2.33. The van der Waals surface area contributed by atoms with Crippen LogP contribution < -0.4 is 15.4 Å². The minimum absolute atomic E-state index is 0.00201. The highest BCUT2D eigenvalue weighted by Gasteiger charge is 2.37. The first-order valence-electron chi connectivity index (χ1n) is 11.5. The smallest absolute Gasteiger partial charge is 0.351 e. The number of amides is 2. The number of aromatic nitrogens is 4. The van der Waals surface area contributed by atoms with Crippen molar-refractivity contribution >= 4 is 28.0 Å². The van der Waals surface area contributed by atoms with Gasteiger partial charge in [0.05, 0.1) is 11.9 Å². The Morgan fingerprint density at radius 2 is 1.74 bits per heavy atom. The first-order valence-corrected chi connectivity index (χ1v) is 13.0. The summed E-state index contributed by atoms with van der Waals surface area (Å²) in [4.78, 5) is 30.7. The fraction of sp³-hybridized carbons (Fsp3) is 0.550. The second-order valence-corrected chi connectivity index (χ2v) is 10.6. The zero-order valence-electron chi connectivity index (χ0n) is 19.9. The van der Waals surface area contributed by atoms with Gasteiger partial charge in [0, 0.05) is 43.5 Å². The van der Waals surface area contributed by atoms with Crippen molar-refractivity contribution in [2.24, 2.45) is 0 Å². The largest absolute Gasteiger partial charge is 0.419 e. The van der Waals surface area contributed by atoms with Crippen molar-refractivity contribution in [3.8, 4) is 11.3 Å². The molecule has 12 nitrogen and oxygen atoms in total. The molecular formula is C20H22F6N8O4S. The molecule has 2 saturated heterocycles. The molecule has 2 aromatic rings. The van der Waals surface area contributed by atoms with Crippen molar-refractivity contribution in [1.82, 2.24) is 34.1 Å². The van der Waals surface area contributed by atoms with Crippen LogP contribution in [0.5, 0.6) is 0 Å². The molecule has 214 valence electrons. The van der Waals surface area contributed by atoms with Crippen LogP contribution in [-0.2, 0) is 32.5 Å².